The Morgan fingerprint density at radius 1 is 0.923 bits per heavy atom. The van der Waals surface area contributed by atoms with Crippen LogP contribution in [0.5, 0.6) is 0 Å². The van der Waals surface area contributed by atoms with E-state index in [9.17, 15) is 14.6 Å². The van der Waals surface area contributed by atoms with E-state index in [0.717, 1.165) is 24.8 Å². The predicted octanol–water partition coefficient (Wildman–Crippen LogP) is 5.82. The van der Waals surface area contributed by atoms with Crippen LogP contribution in [0.2, 0.25) is 0 Å². The van der Waals surface area contributed by atoms with Crippen LogP contribution in [0.3, 0.4) is 0 Å². The first kappa shape index (κ1) is 23.4. The Balaban J connectivity index is 2.30. The standard InChI is InChI=1S/C22H39O3P/c1-3-4-5-6-7-8-9-10-11-14-19-26(24,25)22-16-13-12-15-21(22)18-17-20(2)23/h12-13,15-16,20,23H,3-11,14,17-19H2,1-2H3,(H,24,25). The highest BCUT2D eigenvalue weighted by molar-refractivity contribution is 7.66. The molecule has 0 saturated carbocycles. The molecule has 150 valence electrons. The van der Waals surface area contributed by atoms with Gasteiger partial charge in [-0.05, 0) is 37.8 Å². The van der Waals surface area contributed by atoms with Gasteiger partial charge in [0, 0.05) is 11.5 Å². The number of rotatable bonds is 15. The van der Waals surface area contributed by atoms with Crippen LogP contribution in [0.1, 0.15) is 90.0 Å². The first-order chi connectivity index (χ1) is 12.5. The lowest BCUT2D eigenvalue weighted by molar-refractivity contribution is 0.185. The highest BCUT2D eigenvalue weighted by Gasteiger charge is 2.23. The lowest BCUT2D eigenvalue weighted by atomic mass is 10.1. The minimum Gasteiger partial charge on any atom is -0.393 e. The largest absolute Gasteiger partial charge is 0.393 e. The molecule has 0 saturated heterocycles. The Labute approximate surface area is 160 Å². The van der Waals surface area contributed by atoms with Gasteiger partial charge in [-0.2, -0.15) is 0 Å². The van der Waals surface area contributed by atoms with Crippen molar-refractivity contribution in [1.29, 1.82) is 0 Å². The molecule has 4 heteroatoms. The van der Waals surface area contributed by atoms with Crippen molar-refractivity contribution in [3.63, 3.8) is 0 Å². The topological polar surface area (TPSA) is 57.5 Å². The highest BCUT2D eigenvalue weighted by atomic mass is 31.2. The number of aliphatic hydroxyl groups is 1. The van der Waals surface area contributed by atoms with E-state index in [1.54, 1.807) is 13.0 Å². The van der Waals surface area contributed by atoms with Gasteiger partial charge in [0.15, 0.2) is 0 Å². The Morgan fingerprint density at radius 2 is 1.46 bits per heavy atom. The summed E-state index contributed by atoms with van der Waals surface area (Å²) >= 11 is 0. The molecule has 0 fully saturated rings. The van der Waals surface area contributed by atoms with Crippen LogP contribution in [-0.2, 0) is 11.0 Å². The van der Waals surface area contributed by atoms with Crippen molar-refractivity contribution in [1.82, 2.24) is 0 Å². The zero-order valence-corrected chi connectivity index (χ0v) is 17.7. The van der Waals surface area contributed by atoms with Crippen LogP contribution in [0.25, 0.3) is 0 Å². The Bertz CT molecular complexity index is 528. The summed E-state index contributed by atoms with van der Waals surface area (Å²) in [5, 5.41) is 10.1. The maximum atomic E-state index is 12.8. The van der Waals surface area contributed by atoms with Crippen LogP contribution in [0.4, 0.5) is 0 Å². The Morgan fingerprint density at radius 3 is 2.04 bits per heavy atom. The number of unbranched alkanes of at least 4 members (excludes halogenated alkanes) is 9. The average molecular weight is 383 g/mol. The van der Waals surface area contributed by atoms with Gasteiger partial charge in [-0.3, -0.25) is 4.57 Å². The quantitative estimate of drug-likeness (QED) is 0.297. The average Bonchev–Trinajstić information content (AvgIpc) is 2.61. The molecule has 0 radical (unpaired) electrons. The van der Waals surface area contributed by atoms with E-state index >= 15 is 0 Å². The zero-order chi connectivity index (χ0) is 19.3. The SMILES string of the molecule is CCCCCCCCCCCCP(=O)(O)c1ccccc1CCC(C)O. The summed E-state index contributed by atoms with van der Waals surface area (Å²) in [6.07, 6.45) is 13.5. The van der Waals surface area contributed by atoms with Crippen molar-refractivity contribution in [3.8, 4) is 0 Å². The second kappa shape index (κ2) is 13.5. The fourth-order valence-electron chi connectivity index (χ4n) is 3.36. The van der Waals surface area contributed by atoms with Crippen molar-refractivity contribution in [2.24, 2.45) is 0 Å². The molecule has 0 bridgehead atoms. The van der Waals surface area contributed by atoms with Crippen LogP contribution in [0.15, 0.2) is 24.3 Å². The van der Waals surface area contributed by atoms with Crippen molar-refractivity contribution in [2.75, 3.05) is 6.16 Å². The van der Waals surface area contributed by atoms with Crippen LogP contribution < -0.4 is 5.30 Å². The lowest BCUT2D eigenvalue weighted by Crippen LogP contribution is -2.15. The smallest absolute Gasteiger partial charge is 0.229 e. The molecule has 0 aromatic heterocycles. The first-order valence-electron chi connectivity index (χ1n) is 10.6. The van der Waals surface area contributed by atoms with Crippen LogP contribution in [0, 0.1) is 0 Å². The van der Waals surface area contributed by atoms with E-state index in [0.29, 0.717) is 24.3 Å². The van der Waals surface area contributed by atoms with Gasteiger partial charge in [-0.25, -0.2) is 0 Å². The first-order valence-corrected chi connectivity index (χ1v) is 12.4. The fourth-order valence-corrected chi connectivity index (χ4v) is 5.21. The molecule has 1 rings (SSSR count). The van der Waals surface area contributed by atoms with Gasteiger partial charge in [-0.15, -0.1) is 0 Å². The molecule has 0 heterocycles. The van der Waals surface area contributed by atoms with E-state index in [4.69, 9.17) is 0 Å². The molecular weight excluding hydrogens is 343 g/mol. The summed E-state index contributed by atoms with van der Waals surface area (Å²) in [6, 6.07) is 7.44. The van der Waals surface area contributed by atoms with Gasteiger partial charge in [-0.1, -0.05) is 82.9 Å². The molecule has 0 aliphatic heterocycles. The van der Waals surface area contributed by atoms with Crippen molar-refractivity contribution in [3.05, 3.63) is 29.8 Å². The van der Waals surface area contributed by atoms with Gasteiger partial charge in [0.2, 0.25) is 7.37 Å². The van der Waals surface area contributed by atoms with Gasteiger partial charge < -0.3 is 10.00 Å². The third-order valence-electron chi connectivity index (χ3n) is 5.01. The predicted molar refractivity (Wildman–Crippen MR) is 113 cm³/mol. The molecule has 1 aromatic carbocycles. The van der Waals surface area contributed by atoms with Gasteiger partial charge in [0.25, 0.3) is 0 Å². The molecule has 1 aromatic rings. The lowest BCUT2D eigenvalue weighted by Gasteiger charge is -2.16. The van der Waals surface area contributed by atoms with Gasteiger partial charge in [0.05, 0.1) is 6.10 Å². The molecule has 0 spiro atoms. The molecule has 0 amide bonds. The number of aliphatic hydroxyl groups excluding tert-OH is 1. The minimum absolute atomic E-state index is 0.370. The number of aryl methyl sites for hydroxylation is 1. The summed E-state index contributed by atoms with van der Waals surface area (Å²) in [5.41, 5.74) is 0.909. The van der Waals surface area contributed by atoms with Crippen molar-refractivity contribution in [2.45, 2.75) is 97.0 Å². The third kappa shape index (κ3) is 9.90. The van der Waals surface area contributed by atoms with E-state index in [2.05, 4.69) is 6.92 Å². The maximum Gasteiger partial charge on any atom is 0.229 e. The molecule has 2 N–H and O–H groups in total. The second-order valence-corrected chi connectivity index (χ2v) is 9.96. The van der Waals surface area contributed by atoms with E-state index in [1.807, 2.05) is 18.2 Å². The van der Waals surface area contributed by atoms with E-state index < -0.39 is 7.37 Å². The Kier molecular flexibility index (Phi) is 12.2. The molecule has 26 heavy (non-hydrogen) atoms. The molecular formula is C22H39O3P. The zero-order valence-electron chi connectivity index (χ0n) is 16.8. The van der Waals surface area contributed by atoms with E-state index in [1.165, 1.54) is 44.9 Å². The minimum atomic E-state index is -3.30. The van der Waals surface area contributed by atoms with Crippen molar-refractivity contribution < 1.29 is 14.6 Å². The summed E-state index contributed by atoms with van der Waals surface area (Å²) < 4.78 is 12.8. The van der Waals surface area contributed by atoms with Crippen LogP contribution in [-0.4, -0.2) is 22.3 Å². The molecule has 2 unspecified atom stereocenters. The maximum absolute atomic E-state index is 12.8. The number of hydrogen-bond acceptors (Lipinski definition) is 2. The third-order valence-corrected chi connectivity index (χ3v) is 7.13. The second-order valence-electron chi connectivity index (χ2n) is 7.62. The Hall–Kier alpha value is -0.630. The van der Waals surface area contributed by atoms with Crippen molar-refractivity contribution >= 4 is 12.7 Å². The summed E-state index contributed by atoms with van der Waals surface area (Å²) in [7, 11) is -3.30. The summed E-state index contributed by atoms with van der Waals surface area (Å²) in [5.74, 6) is 0. The van der Waals surface area contributed by atoms with Gasteiger partial charge in [0.1, 0.15) is 0 Å². The molecule has 2 atom stereocenters. The molecule has 0 aliphatic carbocycles. The fraction of sp³-hybridized carbons (Fsp3) is 0.727. The normalized spacial score (nSPS) is 14.9. The summed E-state index contributed by atoms with van der Waals surface area (Å²) in [6.45, 7) is 4.00. The summed E-state index contributed by atoms with van der Waals surface area (Å²) in [4.78, 5) is 10.5. The molecule has 3 nitrogen and oxygen atoms in total. The van der Waals surface area contributed by atoms with Gasteiger partial charge >= 0.3 is 0 Å². The molecule has 0 aliphatic rings. The van der Waals surface area contributed by atoms with E-state index in [-0.39, 0.29) is 6.10 Å². The highest BCUT2D eigenvalue weighted by Crippen LogP contribution is 2.41. The van der Waals surface area contributed by atoms with Crippen LogP contribution >= 0.6 is 7.37 Å². The number of benzene rings is 1. The number of hydrogen-bond donors (Lipinski definition) is 2. The monoisotopic (exact) mass is 382 g/mol.